The molecule has 1 amide bonds. The van der Waals surface area contributed by atoms with Crippen LogP contribution < -0.4 is 9.80 Å². The predicted octanol–water partition coefficient (Wildman–Crippen LogP) is 2.07. The lowest BCUT2D eigenvalue weighted by Crippen LogP contribution is -2.44. The fourth-order valence-corrected chi connectivity index (χ4v) is 3.98. The maximum atomic E-state index is 12.3. The van der Waals surface area contributed by atoms with Crippen LogP contribution in [0.25, 0.3) is 0 Å². The van der Waals surface area contributed by atoms with Gasteiger partial charge in [0, 0.05) is 63.2 Å². The Balaban J connectivity index is 1.61. The third-order valence-corrected chi connectivity index (χ3v) is 5.80. The number of carbonyl (C=O) groups is 2. The zero-order valence-corrected chi connectivity index (χ0v) is 15.2. The normalized spacial score (nSPS) is 22.2. The Morgan fingerprint density at radius 2 is 1.75 bits per heavy atom. The number of amides is 1. The molecular formula is C18H25N3O2S. The van der Waals surface area contributed by atoms with Gasteiger partial charge < -0.3 is 14.7 Å². The summed E-state index contributed by atoms with van der Waals surface area (Å²) in [6.07, 6.45) is 0.542. The van der Waals surface area contributed by atoms with Crippen molar-refractivity contribution in [3.05, 3.63) is 24.3 Å². The van der Waals surface area contributed by atoms with Crippen LogP contribution in [0.4, 0.5) is 11.4 Å². The van der Waals surface area contributed by atoms with Gasteiger partial charge in [-0.3, -0.25) is 9.59 Å². The minimum absolute atomic E-state index is 0.123. The summed E-state index contributed by atoms with van der Waals surface area (Å²) in [5.41, 5.74) is 2.19. The highest BCUT2D eigenvalue weighted by molar-refractivity contribution is 8.13. The SMILES string of the molecule is CC(=O)SCC1CC(=O)N(c2ccc(N3CCN(C)CC3)cc2)C1. The van der Waals surface area contributed by atoms with Crippen molar-refractivity contribution in [2.75, 3.05) is 55.3 Å². The highest BCUT2D eigenvalue weighted by atomic mass is 32.2. The Bertz CT molecular complexity index is 597. The molecule has 0 spiro atoms. The van der Waals surface area contributed by atoms with Crippen molar-refractivity contribution in [1.29, 1.82) is 0 Å². The van der Waals surface area contributed by atoms with Crippen molar-refractivity contribution in [3.63, 3.8) is 0 Å². The molecule has 0 saturated carbocycles. The van der Waals surface area contributed by atoms with Crippen LogP contribution in [-0.2, 0) is 9.59 Å². The molecule has 1 aromatic rings. The van der Waals surface area contributed by atoms with Gasteiger partial charge in [0.05, 0.1) is 0 Å². The molecule has 5 nitrogen and oxygen atoms in total. The molecule has 2 aliphatic heterocycles. The van der Waals surface area contributed by atoms with Gasteiger partial charge >= 0.3 is 0 Å². The fraction of sp³-hybridized carbons (Fsp3) is 0.556. The molecule has 1 unspecified atom stereocenters. The van der Waals surface area contributed by atoms with Crippen LogP contribution in [0.5, 0.6) is 0 Å². The van der Waals surface area contributed by atoms with Crippen molar-refractivity contribution in [2.24, 2.45) is 5.92 Å². The summed E-state index contributed by atoms with van der Waals surface area (Å²) < 4.78 is 0. The van der Waals surface area contributed by atoms with E-state index < -0.39 is 0 Å². The summed E-state index contributed by atoms with van der Waals surface area (Å²) in [7, 11) is 2.15. The molecule has 2 aliphatic rings. The van der Waals surface area contributed by atoms with Crippen molar-refractivity contribution in [2.45, 2.75) is 13.3 Å². The second-order valence-electron chi connectivity index (χ2n) is 6.68. The van der Waals surface area contributed by atoms with E-state index in [1.165, 1.54) is 17.4 Å². The summed E-state index contributed by atoms with van der Waals surface area (Å²) in [5.74, 6) is 1.16. The average molecular weight is 347 g/mol. The van der Waals surface area contributed by atoms with Gasteiger partial charge in [-0.2, -0.15) is 0 Å². The highest BCUT2D eigenvalue weighted by Gasteiger charge is 2.30. The van der Waals surface area contributed by atoms with Crippen LogP contribution in [0.3, 0.4) is 0 Å². The molecule has 6 heteroatoms. The Kier molecular flexibility index (Phi) is 5.46. The van der Waals surface area contributed by atoms with Crippen molar-refractivity contribution >= 4 is 34.2 Å². The lowest BCUT2D eigenvalue weighted by atomic mass is 10.1. The molecule has 0 radical (unpaired) electrons. The lowest BCUT2D eigenvalue weighted by molar-refractivity contribution is -0.117. The van der Waals surface area contributed by atoms with E-state index >= 15 is 0 Å². The lowest BCUT2D eigenvalue weighted by Gasteiger charge is -2.34. The first-order valence-electron chi connectivity index (χ1n) is 8.50. The van der Waals surface area contributed by atoms with E-state index in [2.05, 4.69) is 29.0 Å². The summed E-state index contributed by atoms with van der Waals surface area (Å²) >= 11 is 1.32. The average Bonchev–Trinajstić information content (AvgIpc) is 2.95. The summed E-state index contributed by atoms with van der Waals surface area (Å²) in [4.78, 5) is 30.0. The van der Waals surface area contributed by atoms with Gasteiger partial charge in [0.25, 0.3) is 0 Å². The molecule has 130 valence electrons. The first kappa shape index (κ1) is 17.3. The second kappa shape index (κ2) is 7.57. The second-order valence-corrected chi connectivity index (χ2v) is 7.88. The molecule has 0 aliphatic carbocycles. The Labute approximate surface area is 148 Å². The standard InChI is InChI=1S/C18H25N3O2S/c1-14(22)24-13-15-11-18(23)21(12-15)17-5-3-16(4-6-17)20-9-7-19(2)8-10-20/h3-6,15H,7-13H2,1-2H3. The minimum Gasteiger partial charge on any atom is -0.369 e. The molecule has 2 heterocycles. The molecule has 0 aromatic heterocycles. The number of carbonyl (C=O) groups excluding carboxylic acids is 2. The van der Waals surface area contributed by atoms with Crippen LogP contribution in [0.1, 0.15) is 13.3 Å². The molecule has 0 N–H and O–H groups in total. The maximum absolute atomic E-state index is 12.3. The number of piperazine rings is 1. The Morgan fingerprint density at radius 1 is 1.12 bits per heavy atom. The summed E-state index contributed by atoms with van der Waals surface area (Å²) in [6.45, 7) is 6.55. The quantitative estimate of drug-likeness (QED) is 0.834. The first-order valence-corrected chi connectivity index (χ1v) is 9.49. The molecular weight excluding hydrogens is 322 g/mol. The first-order chi connectivity index (χ1) is 11.5. The van der Waals surface area contributed by atoms with Gasteiger partial charge in [0.1, 0.15) is 0 Å². The number of thioether (sulfide) groups is 1. The van der Waals surface area contributed by atoms with Gasteiger partial charge in [-0.05, 0) is 37.2 Å². The molecule has 24 heavy (non-hydrogen) atoms. The third-order valence-electron chi connectivity index (χ3n) is 4.76. The van der Waals surface area contributed by atoms with E-state index in [1.807, 2.05) is 17.0 Å². The van der Waals surface area contributed by atoms with Gasteiger partial charge in [-0.1, -0.05) is 11.8 Å². The molecule has 2 saturated heterocycles. The number of benzene rings is 1. The topological polar surface area (TPSA) is 43.9 Å². The fourth-order valence-electron chi connectivity index (χ4n) is 3.29. The van der Waals surface area contributed by atoms with E-state index in [9.17, 15) is 9.59 Å². The molecule has 2 fully saturated rings. The monoisotopic (exact) mass is 347 g/mol. The minimum atomic E-state index is 0.123. The molecule has 1 aromatic carbocycles. The van der Waals surface area contributed by atoms with E-state index in [-0.39, 0.29) is 16.9 Å². The van der Waals surface area contributed by atoms with Crippen LogP contribution >= 0.6 is 11.8 Å². The van der Waals surface area contributed by atoms with Gasteiger partial charge in [-0.15, -0.1) is 0 Å². The third kappa shape index (κ3) is 4.11. The van der Waals surface area contributed by atoms with Gasteiger partial charge in [0.2, 0.25) is 5.91 Å². The van der Waals surface area contributed by atoms with Crippen LogP contribution in [0.15, 0.2) is 24.3 Å². The van der Waals surface area contributed by atoms with Crippen LogP contribution in [0, 0.1) is 5.92 Å². The molecule has 0 bridgehead atoms. The van der Waals surface area contributed by atoms with E-state index in [4.69, 9.17) is 0 Å². The van der Waals surface area contributed by atoms with E-state index in [1.54, 1.807) is 6.92 Å². The van der Waals surface area contributed by atoms with E-state index in [0.29, 0.717) is 13.0 Å². The smallest absolute Gasteiger partial charge is 0.227 e. The number of anilines is 2. The maximum Gasteiger partial charge on any atom is 0.227 e. The van der Waals surface area contributed by atoms with Gasteiger partial charge in [-0.25, -0.2) is 0 Å². The number of hydrogen-bond acceptors (Lipinski definition) is 5. The summed E-state index contributed by atoms with van der Waals surface area (Å²) in [6, 6.07) is 8.33. The van der Waals surface area contributed by atoms with Crippen molar-refractivity contribution < 1.29 is 9.59 Å². The number of nitrogens with zero attached hydrogens (tertiary/aromatic N) is 3. The van der Waals surface area contributed by atoms with Crippen LogP contribution in [-0.4, -0.2) is 61.4 Å². The molecule has 1 atom stereocenters. The molecule has 3 rings (SSSR count). The largest absolute Gasteiger partial charge is 0.369 e. The number of hydrogen-bond donors (Lipinski definition) is 0. The Morgan fingerprint density at radius 3 is 2.38 bits per heavy atom. The van der Waals surface area contributed by atoms with E-state index in [0.717, 1.165) is 37.6 Å². The number of likely N-dealkylation sites (N-methyl/N-ethyl adjacent to an activating group) is 1. The zero-order chi connectivity index (χ0) is 17.1. The van der Waals surface area contributed by atoms with Crippen molar-refractivity contribution in [3.8, 4) is 0 Å². The number of rotatable bonds is 4. The zero-order valence-electron chi connectivity index (χ0n) is 14.4. The highest BCUT2D eigenvalue weighted by Crippen LogP contribution is 2.29. The van der Waals surface area contributed by atoms with Gasteiger partial charge in [0.15, 0.2) is 5.12 Å². The van der Waals surface area contributed by atoms with Crippen molar-refractivity contribution in [1.82, 2.24) is 4.90 Å². The Hall–Kier alpha value is -1.53. The van der Waals surface area contributed by atoms with Crippen LogP contribution in [0.2, 0.25) is 0 Å². The summed E-state index contributed by atoms with van der Waals surface area (Å²) in [5, 5.41) is 0.123. The predicted molar refractivity (Wildman–Crippen MR) is 99.8 cm³/mol.